The number of aromatic nitrogens is 7. The lowest BCUT2D eigenvalue weighted by molar-refractivity contribution is -0.116. The van der Waals surface area contributed by atoms with Gasteiger partial charge in [-0.15, -0.1) is 0 Å². The number of carbonyl (C=O) groups is 1. The minimum Gasteiger partial charge on any atom is -0.321 e. The molecule has 36 heavy (non-hydrogen) atoms. The molecule has 0 aliphatic carbocycles. The molecule has 0 spiro atoms. The molecule has 5 rings (SSSR count). The number of nitrogens with zero attached hydrogens (tertiary/aromatic N) is 7. The van der Waals surface area contributed by atoms with Gasteiger partial charge in [0.15, 0.2) is 5.65 Å². The van der Waals surface area contributed by atoms with Crippen molar-refractivity contribution in [2.45, 2.75) is 47.8 Å². The fourth-order valence-corrected chi connectivity index (χ4v) is 4.80. The predicted molar refractivity (Wildman–Crippen MR) is 143 cm³/mol. The highest BCUT2D eigenvalue weighted by Gasteiger charge is 2.19. The Hall–Kier alpha value is -3.79. The van der Waals surface area contributed by atoms with Crippen LogP contribution in [0.1, 0.15) is 28.5 Å². The molecule has 0 aliphatic rings. The lowest BCUT2D eigenvalue weighted by Gasteiger charge is -2.09. The van der Waals surface area contributed by atoms with Crippen molar-refractivity contribution in [1.29, 1.82) is 0 Å². The Morgan fingerprint density at radius 3 is 2.22 bits per heavy atom. The maximum atomic E-state index is 13.1. The maximum Gasteiger partial charge on any atom is 0.246 e. The topological polar surface area (TPSA) is 95.5 Å². The van der Waals surface area contributed by atoms with Crippen LogP contribution in [0.5, 0.6) is 0 Å². The second kappa shape index (κ2) is 9.34. The number of amides is 1. The van der Waals surface area contributed by atoms with E-state index in [2.05, 4.69) is 53.7 Å². The smallest absolute Gasteiger partial charge is 0.246 e. The molecule has 10 heteroatoms. The molecule has 1 amide bonds. The Balaban J connectivity index is 1.39. The van der Waals surface area contributed by atoms with Gasteiger partial charge in [0.05, 0.1) is 38.6 Å². The summed E-state index contributed by atoms with van der Waals surface area (Å²) in [6.45, 7) is 10.2. The highest BCUT2D eigenvalue weighted by Crippen LogP contribution is 2.30. The third-order valence-electron chi connectivity index (χ3n) is 6.39. The van der Waals surface area contributed by atoms with E-state index in [1.54, 1.807) is 10.9 Å². The number of halogens is 1. The highest BCUT2D eigenvalue weighted by atomic mass is 79.9. The first-order chi connectivity index (χ1) is 17.2. The zero-order valence-corrected chi connectivity index (χ0v) is 22.5. The van der Waals surface area contributed by atoms with E-state index in [9.17, 15) is 4.79 Å². The number of aryl methyl sites for hydroxylation is 3. The Morgan fingerprint density at radius 1 is 0.861 bits per heavy atom. The standard InChI is InChI=1S/C26H27BrN8O/c1-15-23-21(20-9-7-6-8-10-20)11-12-28-26(23)33(30-15)13-22(36)29-25-17(3)32-35(19(25)5)14-34-18(4)24(27)16(2)31-34/h6-12H,13-14H2,1-5H3,(H,29,36). The van der Waals surface area contributed by atoms with Crippen LogP contribution in [-0.4, -0.2) is 40.2 Å². The van der Waals surface area contributed by atoms with Crippen molar-refractivity contribution < 1.29 is 4.79 Å². The number of rotatable bonds is 6. The number of hydrogen-bond acceptors (Lipinski definition) is 5. The molecule has 0 bridgehead atoms. The summed E-state index contributed by atoms with van der Waals surface area (Å²) in [6, 6.07) is 12.1. The van der Waals surface area contributed by atoms with Crippen LogP contribution in [0, 0.1) is 34.6 Å². The average molecular weight is 547 g/mol. The third kappa shape index (κ3) is 4.21. The molecule has 0 atom stereocenters. The van der Waals surface area contributed by atoms with E-state index < -0.39 is 0 Å². The predicted octanol–water partition coefficient (Wildman–Crippen LogP) is 4.94. The molecule has 184 valence electrons. The summed E-state index contributed by atoms with van der Waals surface area (Å²) in [5.74, 6) is -0.189. The van der Waals surface area contributed by atoms with Crippen LogP contribution in [0.2, 0.25) is 0 Å². The Morgan fingerprint density at radius 2 is 1.53 bits per heavy atom. The number of hydrogen-bond donors (Lipinski definition) is 1. The van der Waals surface area contributed by atoms with Crippen LogP contribution < -0.4 is 5.32 Å². The van der Waals surface area contributed by atoms with Gasteiger partial charge in [-0.25, -0.2) is 19.0 Å². The molecule has 1 N–H and O–H groups in total. The van der Waals surface area contributed by atoms with E-state index in [0.717, 1.165) is 49.5 Å². The molecular weight excluding hydrogens is 520 g/mol. The first-order valence-corrected chi connectivity index (χ1v) is 12.4. The van der Waals surface area contributed by atoms with Crippen LogP contribution in [0.3, 0.4) is 0 Å². The molecule has 0 fully saturated rings. The summed E-state index contributed by atoms with van der Waals surface area (Å²) in [5, 5.41) is 17.8. The first-order valence-electron chi connectivity index (χ1n) is 11.7. The van der Waals surface area contributed by atoms with Gasteiger partial charge in [0.25, 0.3) is 0 Å². The highest BCUT2D eigenvalue weighted by molar-refractivity contribution is 9.10. The quantitative estimate of drug-likeness (QED) is 0.325. The van der Waals surface area contributed by atoms with E-state index in [-0.39, 0.29) is 12.5 Å². The summed E-state index contributed by atoms with van der Waals surface area (Å²) in [7, 11) is 0. The zero-order chi connectivity index (χ0) is 25.6. The Bertz CT molecular complexity index is 1600. The summed E-state index contributed by atoms with van der Waals surface area (Å²) < 4.78 is 6.38. The molecule has 0 saturated carbocycles. The van der Waals surface area contributed by atoms with Crippen molar-refractivity contribution in [3.63, 3.8) is 0 Å². The molecule has 0 radical (unpaired) electrons. The first kappa shape index (κ1) is 23.9. The van der Waals surface area contributed by atoms with Crippen LogP contribution in [0.4, 0.5) is 5.69 Å². The minimum absolute atomic E-state index is 0.0457. The van der Waals surface area contributed by atoms with Crippen molar-refractivity contribution in [1.82, 2.24) is 34.3 Å². The van der Waals surface area contributed by atoms with Crippen LogP contribution in [0.15, 0.2) is 47.1 Å². The average Bonchev–Trinajstić information content (AvgIpc) is 3.42. The Labute approximate surface area is 217 Å². The van der Waals surface area contributed by atoms with E-state index in [1.165, 1.54) is 0 Å². The molecule has 5 aromatic rings. The van der Waals surface area contributed by atoms with Gasteiger partial charge in [-0.3, -0.25) is 4.79 Å². The largest absolute Gasteiger partial charge is 0.321 e. The second-order valence-corrected chi connectivity index (χ2v) is 9.68. The number of benzene rings is 1. The monoisotopic (exact) mass is 546 g/mol. The van der Waals surface area contributed by atoms with Crippen molar-refractivity contribution in [3.05, 3.63) is 75.5 Å². The van der Waals surface area contributed by atoms with Gasteiger partial charge >= 0.3 is 0 Å². The van der Waals surface area contributed by atoms with Gasteiger partial charge < -0.3 is 5.32 Å². The van der Waals surface area contributed by atoms with Crippen molar-refractivity contribution in [2.75, 3.05) is 5.32 Å². The van der Waals surface area contributed by atoms with Crippen molar-refractivity contribution >= 4 is 38.6 Å². The summed E-state index contributed by atoms with van der Waals surface area (Å²) >= 11 is 3.57. The van der Waals surface area contributed by atoms with Gasteiger partial charge in [0.2, 0.25) is 5.91 Å². The van der Waals surface area contributed by atoms with Gasteiger partial charge in [0, 0.05) is 11.6 Å². The summed E-state index contributed by atoms with van der Waals surface area (Å²) in [5.41, 5.74) is 7.90. The van der Waals surface area contributed by atoms with Crippen LogP contribution >= 0.6 is 15.9 Å². The fraction of sp³-hybridized carbons (Fsp3) is 0.269. The van der Waals surface area contributed by atoms with Gasteiger partial charge in [-0.05, 0) is 67.7 Å². The summed E-state index contributed by atoms with van der Waals surface area (Å²) in [6.07, 6.45) is 1.76. The minimum atomic E-state index is -0.189. The maximum absolute atomic E-state index is 13.1. The molecule has 4 heterocycles. The van der Waals surface area contributed by atoms with Crippen LogP contribution in [0.25, 0.3) is 22.2 Å². The number of carbonyl (C=O) groups excluding carboxylic acids is 1. The van der Waals surface area contributed by atoms with E-state index in [4.69, 9.17) is 0 Å². The van der Waals surface area contributed by atoms with Gasteiger partial charge in [-0.2, -0.15) is 15.3 Å². The number of pyridine rings is 1. The number of fused-ring (bicyclic) bond motifs is 1. The lowest BCUT2D eigenvalue weighted by atomic mass is 10.0. The molecule has 0 unspecified atom stereocenters. The van der Waals surface area contributed by atoms with Crippen molar-refractivity contribution in [2.24, 2.45) is 0 Å². The third-order valence-corrected chi connectivity index (χ3v) is 7.54. The molecule has 9 nitrogen and oxygen atoms in total. The Kier molecular flexibility index (Phi) is 6.21. The molecular formula is C26H27BrN8O. The number of nitrogens with one attached hydrogen (secondary N) is 1. The van der Waals surface area contributed by atoms with Gasteiger partial charge in [0.1, 0.15) is 13.2 Å². The second-order valence-electron chi connectivity index (χ2n) is 8.89. The fourth-order valence-electron chi connectivity index (χ4n) is 4.52. The van der Waals surface area contributed by atoms with E-state index >= 15 is 0 Å². The number of anilines is 1. The van der Waals surface area contributed by atoms with Crippen molar-refractivity contribution in [3.8, 4) is 11.1 Å². The molecule has 1 aromatic carbocycles. The SMILES string of the molecule is Cc1nn(Cn2nc(C)c(NC(=O)Cn3nc(C)c4c(-c5ccccc5)ccnc43)c2C)c(C)c1Br. The summed E-state index contributed by atoms with van der Waals surface area (Å²) in [4.78, 5) is 17.6. The van der Waals surface area contributed by atoms with E-state index in [0.29, 0.717) is 18.0 Å². The zero-order valence-electron chi connectivity index (χ0n) is 20.9. The molecule has 0 aliphatic heterocycles. The van der Waals surface area contributed by atoms with Crippen LogP contribution in [-0.2, 0) is 18.0 Å². The van der Waals surface area contributed by atoms with E-state index in [1.807, 2.05) is 68.2 Å². The lowest BCUT2D eigenvalue weighted by Crippen LogP contribution is -2.20. The van der Waals surface area contributed by atoms with Gasteiger partial charge in [-0.1, -0.05) is 30.3 Å². The molecule has 0 saturated heterocycles. The molecule has 4 aromatic heterocycles. The normalized spacial score (nSPS) is 11.4.